The van der Waals surface area contributed by atoms with Crippen LogP contribution in [-0.4, -0.2) is 19.7 Å². The van der Waals surface area contributed by atoms with Crippen molar-refractivity contribution in [1.29, 1.82) is 0 Å². The summed E-state index contributed by atoms with van der Waals surface area (Å²) in [6, 6.07) is 4.13. The molecular weight excluding hydrogens is 200 g/mol. The van der Waals surface area contributed by atoms with Gasteiger partial charge in [0.15, 0.2) is 0 Å². The van der Waals surface area contributed by atoms with Crippen molar-refractivity contribution >= 4 is 10.9 Å². The number of rotatable bonds is 1. The Hall–Kier alpha value is -2.10. The van der Waals surface area contributed by atoms with E-state index in [9.17, 15) is 0 Å². The molecule has 0 aliphatic heterocycles. The van der Waals surface area contributed by atoms with Crippen LogP contribution < -0.4 is 0 Å². The molecule has 3 aromatic heterocycles. The molecule has 0 bridgehead atoms. The SMILES string of the molecule is Cc1c(-c2cc3ccncc3[nH]2)cnn1C. The van der Waals surface area contributed by atoms with Crippen LogP contribution in [0.2, 0.25) is 0 Å². The minimum atomic E-state index is 1.06. The van der Waals surface area contributed by atoms with Gasteiger partial charge in [-0.2, -0.15) is 5.10 Å². The first kappa shape index (κ1) is 9.15. The third-order valence-electron chi connectivity index (χ3n) is 2.95. The number of aryl methyl sites for hydroxylation is 1. The Morgan fingerprint density at radius 3 is 2.88 bits per heavy atom. The zero-order valence-electron chi connectivity index (χ0n) is 9.23. The van der Waals surface area contributed by atoms with Crippen molar-refractivity contribution in [3.8, 4) is 11.3 Å². The van der Waals surface area contributed by atoms with E-state index in [2.05, 4.69) is 28.1 Å². The Bertz CT molecular complexity index is 615. The quantitative estimate of drug-likeness (QED) is 0.672. The largest absolute Gasteiger partial charge is 0.353 e. The molecule has 4 nitrogen and oxygen atoms in total. The summed E-state index contributed by atoms with van der Waals surface area (Å²) in [6.07, 6.45) is 5.52. The van der Waals surface area contributed by atoms with Crippen LogP contribution in [0.15, 0.2) is 30.7 Å². The smallest absolute Gasteiger partial charge is 0.0645 e. The van der Waals surface area contributed by atoms with Crippen LogP contribution >= 0.6 is 0 Å². The van der Waals surface area contributed by atoms with Gasteiger partial charge in [0.25, 0.3) is 0 Å². The summed E-state index contributed by atoms with van der Waals surface area (Å²) >= 11 is 0. The molecule has 0 spiro atoms. The van der Waals surface area contributed by atoms with Gasteiger partial charge in [-0.15, -0.1) is 0 Å². The predicted molar refractivity (Wildman–Crippen MR) is 63.0 cm³/mol. The molecule has 0 aliphatic rings. The van der Waals surface area contributed by atoms with Gasteiger partial charge >= 0.3 is 0 Å². The fraction of sp³-hybridized carbons (Fsp3) is 0.167. The molecule has 80 valence electrons. The molecule has 0 unspecified atom stereocenters. The fourth-order valence-electron chi connectivity index (χ4n) is 1.88. The number of pyridine rings is 1. The third-order valence-corrected chi connectivity index (χ3v) is 2.95. The van der Waals surface area contributed by atoms with Crippen LogP contribution in [0, 0.1) is 6.92 Å². The molecule has 0 fully saturated rings. The molecule has 16 heavy (non-hydrogen) atoms. The minimum absolute atomic E-state index is 1.06. The Balaban J connectivity index is 2.23. The molecule has 0 aromatic carbocycles. The molecule has 0 saturated heterocycles. The minimum Gasteiger partial charge on any atom is -0.353 e. The summed E-state index contributed by atoms with van der Waals surface area (Å²) < 4.78 is 1.87. The van der Waals surface area contributed by atoms with Crippen molar-refractivity contribution in [2.75, 3.05) is 0 Å². The van der Waals surface area contributed by atoms with E-state index in [4.69, 9.17) is 0 Å². The average Bonchev–Trinajstić information content (AvgIpc) is 2.84. The zero-order chi connectivity index (χ0) is 11.1. The lowest BCUT2D eigenvalue weighted by Crippen LogP contribution is -1.92. The molecule has 0 aliphatic carbocycles. The topological polar surface area (TPSA) is 46.5 Å². The molecule has 0 amide bonds. The van der Waals surface area contributed by atoms with E-state index >= 15 is 0 Å². The van der Waals surface area contributed by atoms with Crippen LogP contribution in [0.3, 0.4) is 0 Å². The lowest BCUT2D eigenvalue weighted by molar-refractivity contribution is 0.740. The highest BCUT2D eigenvalue weighted by Crippen LogP contribution is 2.25. The Labute approximate surface area is 92.9 Å². The van der Waals surface area contributed by atoms with E-state index in [1.54, 1.807) is 6.20 Å². The maximum absolute atomic E-state index is 4.24. The number of aromatic amines is 1. The van der Waals surface area contributed by atoms with E-state index in [0.717, 1.165) is 22.5 Å². The van der Waals surface area contributed by atoms with Crippen LogP contribution in [0.4, 0.5) is 0 Å². The van der Waals surface area contributed by atoms with Crippen molar-refractivity contribution < 1.29 is 0 Å². The van der Waals surface area contributed by atoms with E-state index in [-0.39, 0.29) is 0 Å². The molecule has 0 atom stereocenters. The van der Waals surface area contributed by atoms with Crippen LogP contribution in [0.1, 0.15) is 5.69 Å². The molecule has 3 heterocycles. The Kier molecular flexibility index (Phi) is 1.83. The standard InChI is InChI=1S/C12H12N4/c1-8-10(6-14-16(8)2)11-5-9-3-4-13-7-12(9)15-11/h3-7,15H,1-2H3. The maximum Gasteiger partial charge on any atom is 0.0645 e. The number of nitrogens with one attached hydrogen (secondary N) is 1. The predicted octanol–water partition coefficient (Wildman–Crippen LogP) is 2.27. The van der Waals surface area contributed by atoms with E-state index < -0.39 is 0 Å². The van der Waals surface area contributed by atoms with Gasteiger partial charge in [-0.05, 0) is 19.1 Å². The summed E-state index contributed by atoms with van der Waals surface area (Å²) in [5, 5.41) is 5.42. The average molecular weight is 212 g/mol. The third kappa shape index (κ3) is 1.23. The first-order valence-corrected chi connectivity index (χ1v) is 5.17. The van der Waals surface area contributed by atoms with Gasteiger partial charge in [0.05, 0.1) is 17.9 Å². The lowest BCUT2D eigenvalue weighted by Gasteiger charge is -1.96. The van der Waals surface area contributed by atoms with Crippen LogP contribution in [0.25, 0.3) is 22.2 Å². The highest BCUT2D eigenvalue weighted by molar-refractivity contribution is 5.85. The molecule has 4 heteroatoms. The fourth-order valence-corrected chi connectivity index (χ4v) is 1.88. The van der Waals surface area contributed by atoms with Gasteiger partial charge in [0, 0.05) is 35.6 Å². The summed E-state index contributed by atoms with van der Waals surface area (Å²) in [6.45, 7) is 2.06. The molecule has 0 saturated carbocycles. The number of aromatic nitrogens is 4. The summed E-state index contributed by atoms with van der Waals surface area (Å²) in [4.78, 5) is 7.45. The normalized spacial score (nSPS) is 11.1. The molecule has 3 aromatic rings. The second-order valence-corrected chi connectivity index (χ2v) is 3.91. The first-order chi connectivity index (χ1) is 7.75. The number of hydrogen-bond donors (Lipinski definition) is 1. The monoisotopic (exact) mass is 212 g/mol. The zero-order valence-corrected chi connectivity index (χ0v) is 9.23. The lowest BCUT2D eigenvalue weighted by atomic mass is 10.2. The van der Waals surface area contributed by atoms with E-state index in [1.807, 2.05) is 30.2 Å². The van der Waals surface area contributed by atoms with Gasteiger partial charge in [0.1, 0.15) is 0 Å². The number of H-pyrrole nitrogens is 1. The van der Waals surface area contributed by atoms with Crippen molar-refractivity contribution in [1.82, 2.24) is 19.7 Å². The van der Waals surface area contributed by atoms with Gasteiger partial charge in [-0.25, -0.2) is 0 Å². The number of fused-ring (bicyclic) bond motifs is 1. The van der Waals surface area contributed by atoms with Crippen LogP contribution in [-0.2, 0) is 7.05 Å². The highest BCUT2D eigenvalue weighted by atomic mass is 15.3. The van der Waals surface area contributed by atoms with Crippen LogP contribution in [0.5, 0.6) is 0 Å². The van der Waals surface area contributed by atoms with Gasteiger partial charge in [-0.3, -0.25) is 9.67 Å². The second-order valence-electron chi connectivity index (χ2n) is 3.91. The highest BCUT2D eigenvalue weighted by Gasteiger charge is 2.08. The molecular formula is C12H12N4. The van der Waals surface area contributed by atoms with E-state index in [0.29, 0.717) is 0 Å². The number of hydrogen-bond acceptors (Lipinski definition) is 2. The van der Waals surface area contributed by atoms with E-state index in [1.165, 1.54) is 5.39 Å². The maximum atomic E-state index is 4.24. The van der Waals surface area contributed by atoms with Crippen molar-refractivity contribution in [2.24, 2.45) is 7.05 Å². The summed E-state index contributed by atoms with van der Waals surface area (Å²) in [5.74, 6) is 0. The first-order valence-electron chi connectivity index (χ1n) is 5.17. The van der Waals surface area contributed by atoms with Gasteiger partial charge < -0.3 is 4.98 Å². The summed E-state index contributed by atoms with van der Waals surface area (Å²) in [7, 11) is 1.95. The van der Waals surface area contributed by atoms with Crippen molar-refractivity contribution in [2.45, 2.75) is 6.92 Å². The van der Waals surface area contributed by atoms with Gasteiger partial charge in [0.2, 0.25) is 0 Å². The summed E-state index contributed by atoms with van der Waals surface area (Å²) in [5.41, 5.74) is 4.44. The Morgan fingerprint density at radius 1 is 1.31 bits per heavy atom. The van der Waals surface area contributed by atoms with Crippen molar-refractivity contribution in [3.63, 3.8) is 0 Å². The molecule has 1 N–H and O–H groups in total. The van der Waals surface area contributed by atoms with Crippen molar-refractivity contribution in [3.05, 3.63) is 36.4 Å². The molecule has 3 rings (SSSR count). The second kappa shape index (κ2) is 3.20. The Morgan fingerprint density at radius 2 is 2.19 bits per heavy atom. The van der Waals surface area contributed by atoms with Gasteiger partial charge in [-0.1, -0.05) is 0 Å². The molecule has 0 radical (unpaired) electrons. The number of nitrogens with zero attached hydrogens (tertiary/aromatic N) is 3.